The van der Waals surface area contributed by atoms with Gasteiger partial charge in [0.2, 0.25) is 0 Å². The summed E-state index contributed by atoms with van der Waals surface area (Å²) >= 11 is 11.4. The highest BCUT2D eigenvalue weighted by atomic mass is 35.5. The second kappa shape index (κ2) is 4.81. The number of halogens is 2. The van der Waals surface area contributed by atoms with E-state index in [4.69, 9.17) is 23.2 Å². The molecule has 0 heterocycles. The zero-order valence-electron chi connectivity index (χ0n) is 6.54. The van der Waals surface area contributed by atoms with Crippen LogP contribution in [0.15, 0.2) is 22.3 Å². The zero-order valence-corrected chi connectivity index (χ0v) is 8.05. The van der Waals surface area contributed by atoms with Gasteiger partial charge in [0.25, 0.3) is 0 Å². The van der Waals surface area contributed by atoms with E-state index < -0.39 is 0 Å². The molecular weight excluding hydrogens is 167 g/mol. The largest absolute Gasteiger partial charge is 0.122 e. The van der Waals surface area contributed by atoms with E-state index in [2.05, 4.69) is 0 Å². The topological polar surface area (TPSA) is 0 Å². The van der Waals surface area contributed by atoms with Gasteiger partial charge in [-0.3, -0.25) is 0 Å². The lowest BCUT2D eigenvalue weighted by molar-refractivity contribution is 1.34. The van der Waals surface area contributed by atoms with Gasteiger partial charge in [0.1, 0.15) is 0 Å². The first-order valence-electron chi connectivity index (χ1n) is 3.14. The fourth-order valence-electron chi connectivity index (χ4n) is 0.440. The lowest BCUT2D eigenvalue weighted by atomic mass is 10.2. The summed E-state index contributed by atoms with van der Waals surface area (Å²) in [7, 11) is 0. The minimum Gasteiger partial charge on any atom is -0.122 e. The first-order valence-corrected chi connectivity index (χ1v) is 4.05. The maximum atomic E-state index is 5.85. The van der Waals surface area contributed by atoms with Crippen molar-refractivity contribution < 1.29 is 0 Å². The molecule has 2 heteroatoms. The summed E-state index contributed by atoms with van der Waals surface area (Å²) in [5.41, 5.74) is 2.21. The first kappa shape index (κ1) is 10.1. The molecule has 0 rings (SSSR count). The quantitative estimate of drug-likeness (QED) is 0.447. The van der Waals surface area contributed by atoms with Crippen LogP contribution >= 0.6 is 23.2 Å². The lowest BCUT2D eigenvalue weighted by Crippen LogP contribution is -1.80. The van der Waals surface area contributed by atoms with Gasteiger partial charge in [0.15, 0.2) is 0 Å². The monoisotopic (exact) mass is 178 g/mol. The number of allylic oxidation sites excluding steroid dienone is 4. The number of alkyl halides is 1. The molecule has 0 aromatic heterocycles. The molecule has 0 N–H and O–H groups in total. The van der Waals surface area contributed by atoms with Crippen LogP contribution in [0, 0.1) is 0 Å². The Kier molecular flexibility index (Phi) is 4.84. The van der Waals surface area contributed by atoms with Gasteiger partial charge in [-0.25, -0.2) is 0 Å². The zero-order chi connectivity index (χ0) is 8.15. The van der Waals surface area contributed by atoms with E-state index >= 15 is 0 Å². The Balaban J connectivity index is 4.33. The average molecular weight is 179 g/mol. The van der Waals surface area contributed by atoms with Crippen molar-refractivity contribution in [1.82, 2.24) is 0 Å². The SMILES string of the molecule is CC(C)=C/C(Cl)=C(\C)CCl. The molecule has 58 valence electrons. The van der Waals surface area contributed by atoms with Crippen LogP contribution in [0.25, 0.3) is 0 Å². The van der Waals surface area contributed by atoms with Gasteiger partial charge in [0, 0.05) is 10.9 Å². The molecule has 0 bridgehead atoms. The molecule has 0 aromatic carbocycles. The van der Waals surface area contributed by atoms with Gasteiger partial charge in [-0.1, -0.05) is 17.2 Å². The molecule has 0 amide bonds. The van der Waals surface area contributed by atoms with E-state index in [0.717, 1.165) is 10.6 Å². The number of hydrogen-bond donors (Lipinski definition) is 0. The van der Waals surface area contributed by atoms with Crippen molar-refractivity contribution in [3.05, 3.63) is 22.3 Å². The van der Waals surface area contributed by atoms with Crippen LogP contribution in [0.3, 0.4) is 0 Å². The smallest absolute Gasteiger partial charge is 0.0448 e. The van der Waals surface area contributed by atoms with E-state index in [0.29, 0.717) is 5.88 Å². The summed E-state index contributed by atoms with van der Waals surface area (Å²) in [4.78, 5) is 0. The summed E-state index contributed by atoms with van der Waals surface area (Å²) in [5, 5.41) is 0.759. The maximum Gasteiger partial charge on any atom is 0.0448 e. The summed E-state index contributed by atoms with van der Waals surface area (Å²) in [6.45, 7) is 5.93. The van der Waals surface area contributed by atoms with E-state index in [1.54, 1.807) is 0 Å². The summed E-state index contributed by atoms with van der Waals surface area (Å²) in [5.74, 6) is 0.503. The Hall–Kier alpha value is 0.0600. The molecule has 0 aromatic rings. The summed E-state index contributed by atoms with van der Waals surface area (Å²) < 4.78 is 0. The molecule has 0 unspecified atom stereocenters. The van der Waals surface area contributed by atoms with Crippen molar-refractivity contribution >= 4 is 23.2 Å². The molecule has 0 spiro atoms. The molecule has 0 aliphatic rings. The molecule has 0 aliphatic heterocycles. The Labute approximate surface area is 72.5 Å². The van der Waals surface area contributed by atoms with Gasteiger partial charge < -0.3 is 0 Å². The van der Waals surface area contributed by atoms with E-state index in [1.807, 2.05) is 26.8 Å². The van der Waals surface area contributed by atoms with Gasteiger partial charge in [-0.05, 0) is 32.4 Å². The third kappa shape index (κ3) is 3.97. The normalized spacial score (nSPS) is 12.5. The van der Waals surface area contributed by atoms with Crippen molar-refractivity contribution in [2.75, 3.05) is 5.88 Å². The van der Waals surface area contributed by atoms with Crippen molar-refractivity contribution in [3.63, 3.8) is 0 Å². The molecule has 10 heavy (non-hydrogen) atoms. The second-order valence-corrected chi connectivity index (χ2v) is 3.16. The molecule has 0 nitrogen and oxygen atoms in total. The highest BCUT2D eigenvalue weighted by Gasteiger charge is 1.92. The summed E-state index contributed by atoms with van der Waals surface area (Å²) in [6.07, 6.45) is 1.92. The molecular formula is C8H12Cl2. The van der Waals surface area contributed by atoms with Gasteiger partial charge in [-0.15, -0.1) is 11.6 Å². The van der Waals surface area contributed by atoms with Crippen LogP contribution in [-0.4, -0.2) is 5.88 Å². The fourth-order valence-corrected chi connectivity index (χ4v) is 0.938. The van der Waals surface area contributed by atoms with Gasteiger partial charge in [-0.2, -0.15) is 0 Å². The fraction of sp³-hybridized carbons (Fsp3) is 0.500. The van der Waals surface area contributed by atoms with Crippen LogP contribution in [0.4, 0.5) is 0 Å². The van der Waals surface area contributed by atoms with Crippen LogP contribution in [0.2, 0.25) is 0 Å². The van der Waals surface area contributed by atoms with Crippen molar-refractivity contribution in [1.29, 1.82) is 0 Å². The minimum atomic E-state index is 0.503. The van der Waals surface area contributed by atoms with Crippen molar-refractivity contribution in [2.24, 2.45) is 0 Å². The van der Waals surface area contributed by atoms with E-state index in [9.17, 15) is 0 Å². The molecule has 0 atom stereocenters. The van der Waals surface area contributed by atoms with Crippen LogP contribution < -0.4 is 0 Å². The average Bonchev–Trinajstić information content (AvgIpc) is 1.85. The first-order chi connectivity index (χ1) is 4.57. The minimum absolute atomic E-state index is 0.503. The Morgan fingerprint density at radius 3 is 2.10 bits per heavy atom. The lowest BCUT2D eigenvalue weighted by Gasteiger charge is -1.96. The predicted molar refractivity (Wildman–Crippen MR) is 48.7 cm³/mol. The number of hydrogen-bond acceptors (Lipinski definition) is 0. The molecule has 0 saturated heterocycles. The third-order valence-electron chi connectivity index (χ3n) is 1.02. The Morgan fingerprint density at radius 2 is 1.80 bits per heavy atom. The molecule has 0 radical (unpaired) electrons. The Morgan fingerprint density at radius 1 is 1.30 bits per heavy atom. The van der Waals surface area contributed by atoms with E-state index in [1.165, 1.54) is 5.57 Å². The van der Waals surface area contributed by atoms with Gasteiger partial charge in [0.05, 0.1) is 0 Å². The predicted octanol–water partition coefficient (Wildman–Crippen LogP) is 3.70. The molecule has 0 fully saturated rings. The summed E-state index contributed by atoms with van der Waals surface area (Å²) in [6, 6.07) is 0. The number of rotatable bonds is 2. The highest BCUT2D eigenvalue weighted by molar-refractivity contribution is 6.32. The second-order valence-electron chi connectivity index (χ2n) is 2.48. The van der Waals surface area contributed by atoms with Crippen LogP contribution in [0.5, 0.6) is 0 Å². The molecule has 0 saturated carbocycles. The molecule has 0 aliphatic carbocycles. The third-order valence-corrected chi connectivity index (χ3v) is 1.86. The van der Waals surface area contributed by atoms with Crippen LogP contribution in [-0.2, 0) is 0 Å². The van der Waals surface area contributed by atoms with Crippen molar-refractivity contribution in [3.8, 4) is 0 Å². The van der Waals surface area contributed by atoms with Crippen molar-refractivity contribution in [2.45, 2.75) is 20.8 Å². The van der Waals surface area contributed by atoms with Crippen LogP contribution in [0.1, 0.15) is 20.8 Å². The standard InChI is InChI=1S/C8H12Cl2/c1-6(2)4-8(10)7(3)5-9/h4H,5H2,1-3H3/b8-7-. The maximum absolute atomic E-state index is 5.85. The van der Waals surface area contributed by atoms with E-state index in [-0.39, 0.29) is 0 Å². The van der Waals surface area contributed by atoms with Gasteiger partial charge >= 0.3 is 0 Å². The highest BCUT2D eigenvalue weighted by Crippen LogP contribution is 2.13. The Bertz CT molecular complexity index is 162.